The molecule has 17 heavy (non-hydrogen) atoms. The third-order valence-electron chi connectivity index (χ3n) is 2.79. The van der Waals surface area contributed by atoms with Crippen LogP contribution in [-0.4, -0.2) is 44.0 Å². The molecular formula is C10H13ClN2O3S. The Morgan fingerprint density at radius 2 is 2.35 bits per heavy atom. The maximum atomic E-state index is 12.3. The molecule has 0 saturated carbocycles. The zero-order valence-corrected chi connectivity index (χ0v) is 10.9. The van der Waals surface area contributed by atoms with Crippen molar-refractivity contribution in [3.05, 3.63) is 23.5 Å². The largest absolute Gasteiger partial charge is 0.380 e. The van der Waals surface area contributed by atoms with E-state index in [-0.39, 0.29) is 16.0 Å². The molecule has 1 atom stereocenters. The van der Waals surface area contributed by atoms with E-state index < -0.39 is 10.0 Å². The first kappa shape index (κ1) is 12.8. The number of aromatic nitrogens is 1. The number of hydrogen-bond acceptors (Lipinski definition) is 4. The molecule has 2 rings (SSSR count). The molecule has 94 valence electrons. The highest BCUT2D eigenvalue weighted by Crippen LogP contribution is 2.26. The highest BCUT2D eigenvalue weighted by Gasteiger charge is 2.33. The minimum atomic E-state index is -3.55. The lowest BCUT2D eigenvalue weighted by Crippen LogP contribution is -2.30. The fourth-order valence-electron chi connectivity index (χ4n) is 1.80. The summed E-state index contributed by atoms with van der Waals surface area (Å²) in [6.45, 7) is 0.816. The molecule has 1 aromatic heterocycles. The third kappa shape index (κ3) is 2.44. The van der Waals surface area contributed by atoms with Gasteiger partial charge in [0.25, 0.3) is 0 Å². The first-order chi connectivity index (χ1) is 8.05. The van der Waals surface area contributed by atoms with Crippen molar-refractivity contribution >= 4 is 21.6 Å². The Kier molecular flexibility index (Phi) is 3.67. The van der Waals surface area contributed by atoms with Gasteiger partial charge in [-0.3, -0.25) is 4.98 Å². The third-order valence-corrected chi connectivity index (χ3v) is 5.13. The van der Waals surface area contributed by atoms with Crippen LogP contribution in [0.2, 0.25) is 5.02 Å². The zero-order chi connectivity index (χ0) is 12.5. The summed E-state index contributed by atoms with van der Waals surface area (Å²) in [4.78, 5) is 3.85. The lowest BCUT2D eigenvalue weighted by molar-refractivity contribution is 0.115. The Hall–Kier alpha value is -0.690. The second-order valence-electron chi connectivity index (χ2n) is 3.82. The molecular weight excluding hydrogens is 264 g/mol. The fraction of sp³-hybridized carbons (Fsp3) is 0.500. The Morgan fingerprint density at radius 1 is 1.59 bits per heavy atom. The summed E-state index contributed by atoms with van der Waals surface area (Å²) >= 11 is 5.88. The van der Waals surface area contributed by atoms with E-state index in [1.807, 2.05) is 0 Å². The molecule has 0 aromatic carbocycles. The summed E-state index contributed by atoms with van der Waals surface area (Å²) in [5.41, 5.74) is 0. The second kappa shape index (κ2) is 4.89. The van der Waals surface area contributed by atoms with Crippen molar-refractivity contribution in [3.8, 4) is 0 Å². The Bertz CT molecular complexity index is 506. The standard InChI is InChI=1S/C10H13ClN2O3S/c1-16-8-3-5-13(7-8)17(14,15)10-6-12-4-2-9(10)11/h2,4,6,8H,3,5,7H2,1H3. The van der Waals surface area contributed by atoms with E-state index in [0.717, 1.165) is 0 Å². The topological polar surface area (TPSA) is 59.5 Å². The summed E-state index contributed by atoms with van der Waals surface area (Å²) in [7, 11) is -1.97. The monoisotopic (exact) mass is 276 g/mol. The number of rotatable bonds is 3. The molecule has 1 aromatic rings. The summed E-state index contributed by atoms with van der Waals surface area (Å²) in [5, 5.41) is 0.195. The summed E-state index contributed by atoms with van der Waals surface area (Å²) in [5.74, 6) is 0. The van der Waals surface area contributed by atoms with Gasteiger partial charge in [0.1, 0.15) is 4.90 Å². The van der Waals surface area contributed by atoms with Crippen LogP contribution in [0.25, 0.3) is 0 Å². The van der Waals surface area contributed by atoms with Gasteiger partial charge in [0.15, 0.2) is 0 Å². The van der Waals surface area contributed by atoms with Crippen molar-refractivity contribution in [3.63, 3.8) is 0 Å². The molecule has 7 heteroatoms. The van der Waals surface area contributed by atoms with Crippen molar-refractivity contribution in [1.29, 1.82) is 0 Å². The van der Waals surface area contributed by atoms with Crippen LogP contribution < -0.4 is 0 Å². The van der Waals surface area contributed by atoms with Gasteiger partial charge >= 0.3 is 0 Å². The van der Waals surface area contributed by atoms with E-state index in [1.165, 1.54) is 22.8 Å². The van der Waals surface area contributed by atoms with Crippen molar-refractivity contribution in [2.75, 3.05) is 20.2 Å². The molecule has 0 radical (unpaired) electrons. The number of ether oxygens (including phenoxy) is 1. The average Bonchev–Trinajstić information content (AvgIpc) is 2.78. The predicted molar refractivity (Wildman–Crippen MR) is 63.4 cm³/mol. The molecule has 1 fully saturated rings. The lowest BCUT2D eigenvalue weighted by Gasteiger charge is -2.16. The Balaban J connectivity index is 2.29. The average molecular weight is 277 g/mol. The van der Waals surface area contributed by atoms with E-state index in [2.05, 4.69) is 4.98 Å². The molecule has 1 unspecified atom stereocenters. The van der Waals surface area contributed by atoms with Crippen LogP contribution in [-0.2, 0) is 14.8 Å². The Morgan fingerprint density at radius 3 is 2.94 bits per heavy atom. The number of sulfonamides is 1. The first-order valence-corrected chi connectivity index (χ1v) is 7.00. The molecule has 2 heterocycles. The van der Waals surface area contributed by atoms with Crippen LogP contribution in [0.1, 0.15) is 6.42 Å². The molecule has 1 aliphatic rings. The number of pyridine rings is 1. The van der Waals surface area contributed by atoms with Crippen LogP contribution in [0.15, 0.2) is 23.4 Å². The maximum absolute atomic E-state index is 12.3. The summed E-state index contributed by atoms with van der Waals surface area (Å²) in [6.07, 6.45) is 3.40. The van der Waals surface area contributed by atoms with Crippen LogP contribution in [0, 0.1) is 0 Å². The molecule has 0 N–H and O–H groups in total. The van der Waals surface area contributed by atoms with Crippen molar-refractivity contribution in [1.82, 2.24) is 9.29 Å². The molecule has 0 spiro atoms. The zero-order valence-electron chi connectivity index (χ0n) is 9.34. The highest BCUT2D eigenvalue weighted by molar-refractivity contribution is 7.89. The lowest BCUT2D eigenvalue weighted by atomic mass is 10.3. The van der Waals surface area contributed by atoms with Gasteiger partial charge in [-0.15, -0.1) is 0 Å². The van der Waals surface area contributed by atoms with Gasteiger partial charge in [0.2, 0.25) is 10.0 Å². The van der Waals surface area contributed by atoms with Gasteiger partial charge in [-0.2, -0.15) is 4.31 Å². The van der Waals surface area contributed by atoms with Crippen LogP contribution in [0.4, 0.5) is 0 Å². The molecule has 0 amide bonds. The highest BCUT2D eigenvalue weighted by atomic mass is 35.5. The number of methoxy groups -OCH3 is 1. The van der Waals surface area contributed by atoms with Gasteiger partial charge in [-0.1, -0.05) is 11.6 Å². The fourth-order valence-corrected chi connectivity index (χ4v) is 3.69. The SMILES string of the molecule is COC1CCN(S(=O)(=O)c2cnccc2Cl)C1. The van der Waals surface area contributed by atoms with Crippen LogP contribution >= 0.6 is 11.6 Å². The van der Waals surface area contributed by atoms with Gasteiger partial charge in [-0.05, 0) is 12.5 Å². The van der Waals surface area contributed by atoms with Gasteiger partial charge in [0.05, 0.1) is 11.1 Å². The van der Waals surface area contributed by atoms with Crippen LogP contribution in [0.3, 0.4) is 0 Å². The first-order valence-electron chi connectivity index (χ1n) is 5.18. The van der Waals surface area contributed by atoms with Gasteiger partial charge < -0.3 is 4.74 Å². The maximum Gasteiger partial charge on any atom is 0.246 e. The smallest absolute Gasteiger partial charge is 0.246 e. The number of halogens is 1. The van der Waals surface area contributed by atoms with Crippen molar-refractivity contribution in [2.24, 2.45) is 0 Å². The molecule has 0 bridgehead atoms. The molecule has 0 aliphatic carbocycles. The van der Waals surface area contributed by atoms with E-state index in [9.17, 15) is 8.42 Å². The summed E-state index contributed by atoms with van der Waals surface area (Å²) in [6, 6.07) is 1.47. The van der Waals surface area contributed by atoms with E-state index in [4.69, 9.17) is 16.3 Å². The second-order valence-corrected chi connectivity index (χ2v) is 6.13. The van der Waals surface area contributed by atoms with E-state index >= 15 is 0 Å². The van der Waals surface area contributed by atoms with Gasteiger partial charge in [-0.25, -0.2) is 8.42 Å². The normalized spacial score (nSPS) is 21.9. The number of hydrogen-bond donors (Lipinski definition) is 0. The van der Waals surface area contributed by atoms with E-state index in [1.54, 1.807) is 7.11 Å². The van der Waals surface area contributed by atoms with Crippen molar-refractivity contribution in [2.45, 2.75) is 17.4 Å². The van der Waals surface area contributed by atoms with E-state index in [0.29, 0.717) is 19.5 Å². The van der Waals surface area contributed by atoms with Crippen molar-refractivity contribution < 1.29 is 13.2 Å². The predicted octanol–water partition coefficient (Wildman–Crippen LogP) is 1.14. The minimum absolute atomic E-state index is 0.0415. The van der Waals surface area contributed by atoms with Crippen LogP contribution in [0.5, 0.6) is 0 Å². The van der Waals surface area contributed by atoms with Gasteiger partial charge in [0, 0.05) is 32.6 Å². The summed E-state index contributed by atoms with van der Waals surface area (Å²) < 4.78 is 31.1. The molecule has 1 saturated heterocycles. The molecule has 1 aliphatic heterocycles. The quantitative estimate of drug-likeness (QED) is 0.831. The minimum Gasteiger partial charge on any atom is -0.380 e. The molecule has 5 nitrogen and oxygen atoms in total. The number of nitrogens with zero attached hydrogens (tertiary/aromatic N) is 2. The Labute approximate surface area is 105 Å².